The van der Waals surface area contributed by atoms with Gasteiger partial charge in [0, 0.05) is 28.4 Å². The van der Waals surface area contributed by atoms with Crippen molar-refractivity contribution in [2.75, 3.05) is 0 Å². The lowest BCUT2D eigenvalue weighted by Gasteiger charge is -2.12. The van der Waals surface area contributed by atoms with E-state index in [1.165, 1.54) is 62.7 Å². The first-order valence-corrected chi connectivity index (χ1v) is 15.5. The van der Waals surface area contributed by atoms with Gasteiger partial charge in [0.1, 0.15) is 0 Å². The summed E-state index contributed by atoms with van der Waals surface area (Å²) in [6.45, 7) is 4.45. The van der Waals surface area contributed by atoms with Gasteiger partial charge in [-0.1, -0.05) is 114 Å². The number of nitrogens with zero attached hydrogens (tertiary/aromatic N) is 2. The number of hydrogen-bond donors (Lipinski definition) is 0. The molecule has 0 aliphatic heterocycles. The van der Waals surface area contributed by atoms with Gasteiger partial charge < -0.3 is 0 Å². The third-order valence-corrected chi connectivity index (χ3v) is 8.49. The van der Waals surface area contributed by atoms with Gasteiger partial charge in [0.05, 0.1) is 5.69 Å². The summed E-state index contributed by atoms with van der Waals surface area (Å²) in [4.78, 5) is 7.14. The fourth-order valence-electron chi connectivity index (χ4n) is 5.20. The number of thiazole rings is 1. The number of fused-ring (bicyclic) bond motifs is 1. The van der Waals surface area contributed by atoms with E-state index in [2.05, 4.69) is 24.4 Å². The second-order valence-corrected chi connectivity index (χ2v) is 11.6. The Morgan fingerprint density at radius 2 is 1.29 bits per heavy atom. The molecule has 2 nitrogen and oxygen atoms in total. The molecular weight excluding hydrogens is 494 g/mol. The Morgan fingerprint density at radius 1 is 0.658 bits per heavy atom. The topological polar surface area (TPSA) is 17.3 Å². The van der Waals surface area contributed by atoms with Crippen molar-refractivity contribution in [1.29, 1.82) is 0 Å². The summed E-state index contributed by atoms with van der Waals surface area (Å²) in [7, 11) is 0. The van der Waals surface area contributed by atoms with Gasteiger partial charge in [-0.05, 0) is 36.8 Å². The molecule has 5 heteroatoms. The average molecular weight is 537 g/mol. The van der Waals surface area contributed by atoms with Crippen LogP contribution in [0.5, 0.6) is 0 Å². The van der Waals surface area contributed by atoms with E-state index in [4.69, 9.17) is 4.98 Å². The molecule has 2 heterocycles. The Balaban J connectivity index is 1.45. The first-order chi connectivity index (χ1) is 18.6. The minimum Gasteiger partial charge on any atom is -0.297 e. The standard InChI is InChI=1S/C33H42F2N2S/c1-3-5-7-9-10-12-13-17-25-21-22-29(32(35)31(25)34)27-19-15-16-20-28(27)30-24-37-23-26(38-33(37)36-30)18-14-11-8-6-4-2/h15-16,19-24H,3-14,17-18H2,1-2H3. The van der Waals surface area contributed by atoms with Crippen LogP contribution in [0.25, 0.3) is 27.3 Å². The van der Waals surface area contributed by atoms with Crippen LogP contribution in [0, 0.1) is 11.6 Å². The van der Waals surface area contributed by atoms with Crippen molar-refractivity contribution in [2.24, 2.45) is 0 Å². The van der Waals surface area contributed by atoms with Gasteiger partial charge in [0.15, 0.2) is 16.6 Å². The van der Waals surface area contributed by atoms with Gasteiger partial charge in [-0.25, -0.2) is 13.8 Å². The number of benzene rings is 2. The monoisotopic (exact) mass is 536 g/mol. The lowest BCUT2D eigenvalue weighted by atomic mass is 9.95. The Morgan fingerprint density at radius 3 is 1.97 bits per heavy atom. The minimum atomic E-state index is -0.760. The molecular formula is C33H42F2N2S. The second kappa shape index (κ2) is 14.6. The zero-order chi connectivity index (χ0) is 26.7. The summed E-state index contributed by atoms with van der Waals surface area (Å²) in [6.07, 6.45) is 20.3. The van der Waals surface area contributed by atoms with Crippen LogP contribution in [0.1, 0.15) is 101 Å². The van der Waals surface area contributed by atoms with Crippen molar-refractivity contribution < 1.29 is 8.78 Å². The van der Waals surface area contributed by atoms with E-state index >= 15 is 8.78 Å². The molecule has 0 radical (unpaired) electrons. The Kier molecular flexibility index (Phi) is 10.9. The number of imidazole rings is 1. The van der Waals surface area contributed by atoms with Crippen molar-refractivity contribution >= 4 is 16.3 Å². The van der Waals surface area contributed by atoms with Crippen molar-refractivity contribution in [1.82, 2.24) is 9.38 Å². The smallest absolute Gasteiger partial charge is 0.194 e. The first kappa shape index (κ1) is 28.5. The maximum Gasteiger partial charge on any atom is 0.194 e. The molecule has 4 rings (SSSR count). The lowest BCUT2D eigenvalue weighted by molar-refractivity contribution is 0.497. The molecule has 38 heavy (non-hydrogen) atoms. The van der Waals surface area contributed by atoms with E-state index in [0.29, 0.717) is 23.1 Å². The number of aromatic nitrogens is 2. The van der Waals surface area contributed by atoms with E-state index in [-0.39, 0.29) is 0 Å². The first-order valence-electron chi connectivity index (χ1n) is 14.7. The normalized spacial score (nSPS) is 11.6. The van der Waals surface area contributed by atoms with Crippen LogP contribution in [0.2, 0.25) is 0 Å². The van der Waals surface area contributed by atoms with E-state index < -0.39 is 11.6 Å². The average Bonchev–Trinajstić information content (AvgIpc) is 3.49. The van der Waals surface area contributed by atoms with Gasteiger partial charge in [-0.2, -0.15) is 0 Å². The molecule has 0 fully saturated rings. The summed E-state index contributed by atoms with van der Waals surface area (Å²) in [5.41, 5.74) is 3.05. The van der Waals surface area contributed by atoms with Crippen LogP contribution in [-0.2, 0) is 12.8 Å². The van der Waals surface area contributed by atoms with Gasteiger partial charge in [0.2, 0.25) is 0 Å². The SMILES string of the molecule is CCCCCCCCCc1ccc(-c2ccccc2-c2cn3cc(CCCCCCC)sc3n2)c(F)c1F. The molecule has 0 amide bonds. The highest BCUT2D eigenvalue weighted by Gasteiger charge is 2.19. The molecule has 204 valence electrons. The van der Waals surface area contributed by atoms with Crippen LogP contribution in [0.4, 0.5) is 8.78 Å². The third kappa shape index (κ3) is 7.31. The zero-order valence-electron chi connectivity index (χ0n) is 23.1. The number of hydrogen-bond acceptors (Lipinski definition) is 2. The fraction of sp³-hybridized carbons (Fsp3) is 0.485. The maximum absolute atomic E-state index is 15.4. The molecule has 0 saturated heterocycles. The highest BCUT2D eigenvalue weighted by atomic mass is 32.1. The van der Waals surface area contributed by atoms with E-state index in [9.17, 15) is 0 Å². The molecule has 4 aromatic rings. The molecule has 0 atom stereocenters. The van der Waals surface area contributed by atoms with Gasteiger partial charge in [-0.15, -0.1) is 11.3 Å². The second-order valence-electron chi connectivity index (χ2n) is 10.5. The predicted molar refractivity (Wildman–Crippen MR) is 158 cm³/mol. The van der Waals surface area contributed by atoms with Crippen molar-refractivity contribution in [3.05, 3.63) is 70.9 Å². The van der Waals surface area contributed by atoms with E-state index in [1.807, 2.05) is 30.5 Å². The predicted octanol–water partition coefficient (Wildman–Crippen LogP) is 10.8. The van der Waals surface area contributed by atoms with Crippen LogP contribution in [-0.4, -0.2) is 9.38 Å². The third-order valence-electron chi connectivity index (χ3n) is 7.44. The summed E-state index contributed by atoms with van der Waals surface area (Å²) in [5, 5.41) is 0. The Bertz CT molecular complexity index is 1260. The van der Waals surface area contributed by atoms with E-state index in [1.54, 1.807) is 23.5 Å². The summed E-state index contributed by atoms with van der Waals surface area (Å²) in [6, 6.07) is 11.1. The minimum absolute atomic E-state index is 0.297. The van der Waals surface area contributed by atoms with Gasteiger partial charge in [-0.3, -0.25) is 4.40 Å². The lowest BCUT2D eigenvalue weighted by Crippen LogP contribution is -1.98. The molecule has 0 bridgehead atoms. The summed E-state index contributed by atoms with van der Waals surface area (Å²) in [5.74, 6) is -1.47. The molecule has 0 saturated carbocycles. The molecule has 0 spiro atoms. The number of halogens is 2. The van der Waals surface area contributed by atoms with Crippen molar-refractivity contribution in [3.63, 3.8) is 0 Å². The molecule has 0 unspecified atom stereocenters. The highest BCUT2D eigenvalue weighted by molar-refractivity contribution is 7.17. The van der Waals surface area contributed by atoms with Gasteiger partial charge in [0.25, 0.3) is 0 Å². The quantitative estimate of drug-likeness (QED) is 0.130. The van der Waals surface area contributed by atoms with Crippen LogP contribution in [0.3, 0.4) is 0 Å². The maximum atomic E-state index is 15.4. The summed E-state index contributed by atoms with van der Waals surface area (Å²) >= 11 is 1.72. The van der Waals surface area contributed by atoms with Crippen LogP contribution >= 0.6 is 11.3 Å². The Hall–Kier alpha value is -2.53. The molecule has 0 N–H and O–H groups in total. The highest BCUT2D eigenvalue weighted by Crippen LogP contribution is 2.35. The van der Waals surface area contributed by atoms with Crippen LogP contribution in [0.15, 0.2) is 48.8 Å². The van der Waals surface area contributed by atoms with Gasteiger partial charge >= 0.3 is 0 Å². The molecule has 0 aliphatic rings. The molecule has 0 aliphatic carbocycles. The zero-order valence-corrected chi connectivity index (χ0v) is 23.9. The fourth-order valence-corrected chi connectivity index (χ4v) is 6.20. The number of unbranched alkanes of at least 4 members (excludes halogenated alkanes) is 10. The largest absolute Gasteiger partial charge is 0.297 e. The van der Waals surface area contributed by atoms with Crippen molar-refractivity contribution in [3.8, 4) is 22.4 Å². The number of aryl methyl sites for hydroxylation is 2. The number of rotatable bonds is 16. The van der Waals surface area contributed by atoms with Crippen molar-refractivity contribution in [2.45, 2.75) is 104 Å². The van der Waals surface area contributed by atoms with Crippen LogP contribution < -0.4 is 0 Å². The Labute approximate surface area is 231 Å². The summed E-state index contributed by atoms with van der Waals surface area (Å²) < 4.78 is 32.5. The molecule has 2 aromatic carbocycles. The molecule has 2 aromatic heterocycles. The van der Waals surface area contributed by atoms with E-state index in [0.717, 1.165) is 41.9 Å².